The van der Waals surface area contributed by atoms with Crippen molar-refractivity contribution in [1.82, 2.24) is 9.59 Å². The zero-order chi connectivity index (χ0) is 5.98. The maximum Gasteiger partial charge on any atom is 1.00 e. The first-order valence-corrected chi connectivity index (χ1v) is 2.57. The van der Waals surface area contributed by atoms with Crippen LogP contribution in [0.3, 0.4) is 0 Å². The summed E-state index contributed by atoms with van der Waals surface area (Å²) in [6.45, 7) is 0. The zero-order valence-electron chi connectivity index (χ0n) is 4.70. The maximum atomic E-state index is 9.88. The van der Waals surface area contributed by atoms with Crippen LogP contribution in [0.15, 0.2) is 6.20 Å². The van der Waals surface area contributed by atoms with E-state index in [0.717, 1.165) is 17.7 Å². The number of aromatic carboxylic acids is 1. The number of hydrogen-bond acceptors (Lipinski definition) is 5. The predicted molar refractivity (Wildman–Crippen MR) is 24.2 cm³/mol. The van der Waals surface area contributed by atoms with E-state index in [1.165, 1.54) is 0 Å². The number of carbonyl (C=O) groups is 1. The molecule has 0 bridgehead atoms. The number of carbonyl (C=O) groups excluding carboxylic acids is 1. The van der Waals surface area contributed by atoms with E-state index in [4.69, 9.17) is 0 Å². The first kappa shape index (κ1) is 9.03. The molecule has 0 aliphatic heterocycles. The van der Waals surface area contributed by atoms with Gasteiger partial charge in [0, 0.05) is 0 Å². The van der Waals surface area contributed by atoms with Crippen LogP contribution in [0.4, 0.5) is 0 Å². The Hall–Kier alpha value is 0.0300. The number of carboxylic acids is 1. The summed E-state index contributed by atoms with van der Waals surface area (Å²) in [5.74, 6) is -1.22. The Morgan fingerprint density at radius 2 is 2.44 bits per heavy atom. The van der Waals surface area contributed by atoms with Crippen LogP contribution in [-0.4, -0.2) is 15.6 Å². The molecule has 0 spiro atoms. The molecule has 0 radical (unpaired) electrons. The average Bonchev–Trinajstić information content (AvgIpc) is 2.12. The second-order valence-electron chi connectivity index (χ2n) is 1.07. The smallest absolute Gasteiger partial charge is 0.544 e. The van der Waals surface area contributed by atoms with Crippen molar-refractivity contribution < 1.29 is 39.5 Å². The molecule has 1 heterocycles. The molecule has 0 saturated carbocycles. The van der Waals surface area contributed by atoms with Crippen LogP contribution in [0.25, 0.3) is 0 Å². The topological polar surface area (TPSA) is 65.9 Å². The summed E-state index contributed by atoms with van der Waals surface area (Å²) in [6.07, 6.45) is 1.15. The van der Waals surface area contributed by atoms with Gasteiger partial charge < -0.3 is 9.90 Å². The summed E-state index contributed by atoms with van der Waals surface area (Å²) in [5, 5.41) is 13.2. The van der Waals surface area contributed by atoms with Gasteiger partial charge in [0.1, 0.15) is 0 Å². The number of nitrogens with zero attached hydrogens (tertiary/aromatic N) is 2. The van der Waals surface area contributed by atoms with E-state index in [1.807, 2.05) is 0 Å². The van der Waals surface area contributed by atoms with Gasteiger partial charge in [-0.1, -0.05) is 4.49 Å². The van der Waals surface area contributed by atoms with Crippen LogP contribution in [0.2, 0.25) is 0 Å². The summed E-state index contributed by atoms with van der Waals surface area (Å²) in [6, 6.07) is 0. The SMILES string of the molecule is O=C([O-])c1cnns1.[Na+]. The van der Waals surface area contributed by atoms with Gasteiger partial charge in [-0.25, -0.2) is 0 Å². The van der Waals surface area contributed by atoms with Crippen LogP contribution in [0.1, 0.15) is 9.67 Å². The Balaban J connectivity index is 0.000000640. The normalized spacial score (nSPS) is 8.00. The number of aromatic nitrogens is 2. The van der Waals surface area contributed by atoms with Gasteiger partial charge >= 0.3 is 29.6 Å². The van der Waals surface area contributed by atoms with E-state index in [-0.39, 0.29) is 34.4 Å². The standard InChI is InChI=1S/C3H2N2O2S.Na/c6-3(7)2-1-4-5-8-2;/h1H,(H,6,7);/q;+1/p-1. The summed E-state index contributed by atoms with van der Waals surface area (Å²) in [5.41, 5.74) is 0. The first-order chi connectivity index (χ1) is 3.80. The predicted octanol–water partition coefficient (Wildman–Crippen LogP) is -4.09. The molecule has 0 atom stereocenters. The van der Waals surface area contributed by atoms with Crippen molar-refractivity contribution >= 4 is 17.5 Å². The third-order valence-corrected chi connectivity index (χ3v) is 1.21. The fraction of sp³-hybridized carbons (Fsp3) is 0. The number of hydrogen-bond donors (Lipinski definition) is 0. The molecular weight excluding hydrogens is 151 g/mol. The van der Waals surface area contributed by atoms with Gasteiger partial charge in [-0.05, 0) is 11.5 Å². The average molecular weight is 152 g/mol. The van der Waals surface area contributed by atoms with Gasteiger partial charge in [0.2, 0.25) is 0 Å². The fourth-order valence-electron chi connectivity index (χ4n) is 0.257. The molecule has 9 heavy (non-hydrogen) atoms. The summed E-state index contributed by atoms with van der Waals surface area (Å²) in [4.78, 5) is 9.94. The van der Waals surface area contributed by atoms with Crippen molar-refractivity contribution in [1.29, 1.82) is 0 Å². The monoisotopic (exact) mass is 152 g/mol. The Bertz CT molecular complexity index is 188. The largest absolute Gasteiger partial charge is 1.00 e. The third-order valence-electron chi connectivity index (χ3n) is 0.562. The quantitative estimate of drug-likeness (QED) is 0.384. The minimum atomic E-state index is -1.22. The van der Waals surface area contributed by atoms with Crippen molar-refractivity contribution in [3.8, 4) is 0 Å². The molecule has 0 N–H and O–H groups in total. The van der Waals surface area contributed by atoms with Crippen LogP contribution < -0.4 is 34.7 Å². The van der Waals surface area contributed by atoms with Gasteiger partial charge in [-0.15, -0.1) is 5.10 Å². The molecule has 0 aromatic carbocycles. The Morgan fingerprint density at radius 3 is 2.67 bits per heavy atom. The zero-order valence-corrected chi connectivity index (χ0v) is 7.51. The molecular formula is C3HN2NaO2S. The molecule has 1 rings (SSSR count). The first-order valence-electron chi connectivity index (χ1n) is 1.79. The Morgan fingerprint density at radius 1 is 1.78 bits per heavy atom. The van der Waals surface area contributed by atoms with Crippen LogP contribution in [-0.2, 0) is 0 Å². The second-order valence-corrected chi connectivity index (χ2v) is 1.85. The van der Waals surface area contributed by atoms with Gasteiger partial charge in [0.05, 0.1) is 17.0 Å². The molecule has 4 nitrogen and oxygen atoms in total. The summed E-state index contributed by atoms with van der Waals surface area (Å²) in [7, 11) is 0. The molecule has 0 fully saturated rings. The summed E-state index contributed by atoms with van der Waals surface area (Å²) < 4.78 is 3.31. The molecule has 1 aromatic heterocycles. The van der Waals surface area contributed by atoms with Crippen molar-refractivity contribution in [2.45, 2.75) is 0 Å². The molecule has 0 aliphatic carbocycles. The number of rotatable bonds is 1. The van der Waals surface area contributed by atoms with E-state index < -0.39 is 5.97 Å². The molecule has 0 aliphatic rings. The fourth-order valence-corrected chi connectivity index (χ4v) is 0.608. The van der Waals surface area contributed by atoms with Gasteiger partial charge in [-0.2, -0.15) is 0 Å². The van der Waals surface area contributed by atoms with E-state index >= 15 is 0 Å². The number of carboxylic acid groups (broad SMARTS) is 1. The molecule has 6 heteroatoms. The maximum absolute atomic E-state index is 9.88. The van der Waals surface area contributed by atoms with Crippen LogP contribution >= 0.6 is 11.5 Å². The molecule has 0 amide bonds. The van der Waals surface area contributed by atoms with Gasteiger partial charge in [-0.3, -0.25) is 0 Å². The molecule has 1 aromatic rings. The van der Waals surface area contributed by atoms with Crippen molar-refractivity contribution in [2.24, 2.45) is 0 Å². The van der Waals surface area contributed by atoms with Gasteiger partial charge in [0.25, 0.3) is 0 Å². The molecule has 42 valence electrons. The Labute approximate surface area is 77.4 Å². The molecule has 0 saturated heterocycles. The van der Waals surface area contributed by atoms with E-state index in [0.29, 0.717) is 0 Å². The molecule has 0 unspecified atom stereocenters. The minimum Gasteiger partial charge on any atom is -0.544 e. The van der Waals surface area contributed by atoms with Gasteiger partial charge in [0.15, 0.2) is 0 Å². The minimum absolute atomic E-state index is 0. The Kier molecular flexibility index (Phi) is 3.96. The van der Waals surface area contributed by atoms with E-state index in [9.17, 15) is 9.90 Å². The third kappa shape index (κ3) is 2.40. The van der Waals surface area contributed by atoms with Crippen LogP contribution in [0, 0.1) is 0 Å². The van der Waals surface area contributed by atoms with Crippen LogP contribution in [0.5, 0.6) is 0 Å². The van der Waals surface area contributed by atoms with Crippen molar-refractivity contribution in [3.63, 3.8) is 0 Å². The van der Waals surface area contributed by atoms with Crippen molar-refractivity contribution in [2.75, 3.05) is 0 Å². The van der Waals surface area contributed by atoms with E-state index in [1.54, 1.807) is 0 Å². The van der Waals surface area contributed by atoms with E-state index in [2.05, 4.69) is 9.59 Å². The second kappa shape index (κ2) is 3.94. The van der Waals surface area contributed by atoms with Crippen molar-refractivity contribution in [3.05, 3.63) is 11.1 Å². The summed E-state index contributed by atoms with van der Waals surface area (Å²) >= 11 is 0.808.